The standard InChI is InChI=1S/C13H19Cl2NO/c1-3-7-16-13(9-17-4-2)11-8-10(14)5-6-12(11)15/h5-6,8,13,16H,3-4,7,9H2,1-2H3. The maximum absolute atomic E-state index is 6.19. The molecule has 1 N–H and O–H groups in total. The summed E-state index contributed by atoms with van der Waals surface area (Å²) in [5.74, 6) is 0. The lowest BCUT2D eigenvalue weighted by Gasteiger charge is -2.20. The number of ether oxygens (including phenoxy) is 1. The molecule has 0 bridgehead atoms. The number of rotatable bonds is 7. The molecule has 0 aliphatic heterocycles. The quantitative estimate of drug-likeness (QED) is 0.810. The summed E-state index contributed by atoms with van der Waals surface area (Å²) in [6.07, 6.45) is 1.07. The summed E-state index contributed by atoms with van der Waals surface area (Å²) in [5.41, 5.74) is 1.00. The second-order valence-electron chi connectivity index (χ2n) is 3.83. The maximum Gasteiger partial charge on any atom is 0.0661 e. The minimum absolute atomic E-state index is 0.0982. The number of hydrogen-bond acceptors (Lipinski definition) is 2. The van der Waals surface area contributed by atoms with Crippen molar-refractivity contribution in [3.63, 3.8) is 0 Å². The van der Waals surface area contributed by atoms with Gasteiger partial charge in [-0.1, -0.05) is 30.1 Å². The molecule has 96 valence electrons. The van der Waals surface area contributed by atoms with Crippen molar-refractivity contribution in [2.75, 3.05) is 19.8 Å². The molecule has 0 saturated carbocycles. The van der Waals surface area contributed by atoms with E-state index in [1.807, 2.05) is 19.1 Å². The topological polar surface area (TPSA) is 21.3 Å². The van der Waals surface area contributed by atoms with Crippen molar-refractivity contribution in [1.29, 1.82) is 0 Å². The minimum Gasteiger partial charge on any atom is -0.380 e. The molecule has 4 heteroatoms. The van der Waals surface area contributed by atoms with Crippen LogP contribution in [-0.4, -0.2) is 19.8 Å². The Hall–Kier alpha value is -0.280. The van der Waals surface area contributed by atoms with Gasteiger partial charge in [0.1, 0.15) is 0 Å². The Morgan fingerprint density at radius 2 is 2.06 bits per heavy atom. The highest BCUT2D eigenvalue weighted by atomic mass is 35.5. The number of hydrogen-bond donors (Lipinski definition) is 1. The fourth-order valence-electron chi connectivity index (χ4n) is 1.59. The molecular formula is C13H19Cl2NO. The zero-order chi connectivity index (χ0) is 12.7. The number of benzene rings is 1. The summed E-state index contributed by atoms with van der Waals surface area (Å²) in [4.78, 5) is 0. The number of nitrogens with one attached hydrogen (secondary N) is 1. The second kappa shape index (κ2) is 7.93. The predicted octanol–water partition coefficient (Wildman–Crippen LogP) is 4.07. The van der Waals surface area contributed by atoms with Gasteiger partial charge >= 0.3 is 0 Å². The SMILES string of the molecule is CCCNC(COCC)c1cc(Cl)ccc1Cl. The van der Waals surface area contributed by atoms with Gasteiger partial charge in [-0.2, -0.15) is 0 Å². The van der Waals surface area contributed by atoms with E-state index >= 15 is 0 Å². The average Bonchev–Trinajstić information content (AvgIpc) is 2.33. The van der Waals surface area contributed by atoms with E-state index in [-0.39, 0.29) is 6.04 Å². The van der Waals surface area contributed by atoms with Crippen molar-refractivity contribution in [3.05, 3.63) is 33.8 Å². The largest absolute Gasteiger partial charge is 0.380 e. The third-order valence-electron chi connectivity index (χ3n) is 2.46. The van der Waals surface area contributed by atoms with Crippen molar-refractivity contribution >= 4 is 23.2 Å². The van der Waals surface area contributed by atoms with Crippen LogP contribution in [0.2, 0.25) is 10.0 Å². The van der Waals surface area contributed by atoms with Crippen molar-refractivity contribution in [3.8, 4) is 0 Å². The van der Waals surface area contributed by atoms with Crippen molar-refractivity contribution in [1.82, 2.24) is 5.32 Å². The van der Waals surface area contributed by atoms with Crippen LogP contribution in [0.4, 0.5) is 0 Å². The Morgan fingerprint density at radius 1 is 1.29 bits per heavy atom. The molecule has 17 heavy (non-hydrogen) atoms. The summed E-state index contributed by atoms with van der Waals surface area (Å²) in [6, 6.07) is 5.62. The maximum atomic E-state index is 6.19. The lowest BCUT2D eigenvalue weighted by molar-refractivity contribution is 0.123. The predicted molar refractivity (Wildman–Crippen MR) is 74.0 cm³/mol. The first kappa shape index (κ1) is 14.8. The van der Waals surface area contributed by atoms with Crippen LogP contribution in [0.3, 0.4) is 0 Å². The highest BCUT2D eigenvalue weighted by Crippen LogP contribution is 2.26. The zero-order valence-corrected chi connectivity index (χ0v) is 11.8. The monoisotopic (exact) mass is 275 g/mol. The third kappa shape index (κ3) is 4.84. The van der Waals surface area contributed by atoms with Crippen LogP contribution in [0.15, 0.2) is 18.2 Å². The van der Waals surface area contributed by atoms with Gasteiger partial charge in [0.05, 0.1) is 12.6 Å². The normalized spacial score (nSPS) is 12.7. The van der Waals surface area contributed by atoms with Crippen LogP contribution in [0.25, 0.3) is 0 Å². The molecule has 0 radical (unpaired) electrons. The first-order chi connectivity index (χ1) is 8.19. The summed E-state index contributed by atoms with van der Waals surface area (Å²) in [6.45, 7) is 6.35. The summed E-state index contributed by atoms with van der Waals surface area (Å²) in [7, 11) is 0. The van der Waals surface area contributed by atoms with Gasteiger partial charge in [-0.05, 0) is 43.7 Å². The molecule has 2 nitrogen and oxygen atoms in total. The van der Waals surface area contributed by atoms with Crippen LogP contribution >= 0.6 is 23.2 Å². The fourth-order valence-corrected chi connectivity index (χ4v) is 2.02. The Labute approximate surface area is 113 Å². The molecular weight excluding hydrogens is 257 g/mol. The van der Waals surface area contributed by atoms with Crippen LogP contribution in [0, 0.1) is 0 Å². The van der Waals surface area contributed by atoms with Gasteiger partial charge < -0.3 is 10.1 Å². The van der Waals surface area contributed by atoms with Gasteiger partial charge in [0.2, 0.25) is 0 Å². The van der Waals surface area contributed by atoms with E-state index in [9.17, 15) is 0 Å². The van der Waals surface area contributed by atoms with E-state index in [4.69, 9.17) is 27.9 Å². The van der Waals surface area contributed by atoms with Gasteiger partial charge in [0.15, 0.2) is 0 Å². The molecule has 0 spiro atoms. The molecule has 1 atom stereocenters. The van der Waals surface area contributed by atoms with E-state index in [1.165, 1.54) is 0 Å². The highest BCUT2D eigenvalue weighted by molar-refractivity contribution is 6.33. The molecule has 0 aliphatic carbocycles. The van der Waals surface area contributed by atoms with E-state index in [2.05, 4.69) is 12.2 Å². The van der Waals surface area contributed by atoms with E-state index in [0.717, 1.165) is 23.6 Å². The molecule has 1 rings (SSSR count). The molecule has 1 aromatic carbocycles. The van der Waals surface area contributed by atoms with E-state index in [0.29, 0.717) is 18.2 Å². The van der Waals surface area contributed by atoms with Gasteiger partial charge in [-0.15, -0.1) is 0 Å². The molecule has 0 fully saturated rings. The lowest BCUT2D eigenvalue weighted by atomic mass is 10.1. The Kier molecular flexibility index (Phi) is 6.90. The summed E-state index contributed by atoms with van der Waals surface area (Å²) >= 11 is 12.2. The fraction of sp³-hybridized carbons (Fsp3) is 0.538. The minimum atomic E-state index is 0.0982. The Bertz CT molecular complexity index is 336. The van der Waals surface area contributed by atoms with Gasteiger partial charge in [0, 0.05) is 16.7 Å². The van der Waals surface area contributed by atoms with Gasteiger partial charge in [-0.25, -0.2) is 0 Å². The molecule has 1 unspecified atom stereocenters. The lowest BCUT2D eigenvalue weighted by Crippen LogP contribution is -2.26. The van der Waals surface area contributed by atoms with Crippen LogP contribution in [-0.2, 0) is 4.74 Å². The van der Waals surface area contributed by atoms with Gasteiger partial charge in [0.25, 0.3) is 0 Å². The smallest absolute Gasteiger partial charge is 0.0661 e. The summed E-state index contributed by atoms with van der Waals surface area (Å²) in [5, 5.41) is 4.84. The van der Waals surface area contributed by atoms with Crippen molar-refractivity contribution in [2.24, 2.45) is 0 Å². The zero-order valence-electron chi connectivity index (χ0n) is 10.3. The Balaban J connectivity index is 2.82. The van der Waals surface area contributed by atoms with Crippen LogP contribution < -0.4 is 5.32 Å². The van der Waals surface area contributed by atoms with Crippen LogP contribution in [0.5, 0.6) is 0 Å². The highest BCUT2D eigenvalue weighted by Gasteiger charge is 2.14. The molecule has 1 aromatic rings. The average molecular weight is 276 g/mol. The summed E-state index contributed by atoms with van der Waals surface area (Å²) < 4.78 is 5.48. The first-order valence-corrected chi connectivity index (χ1v) is 6.70. The van der Waals surface area contributed by atoms with E-state index in [1.54, 1.807) is 6.07 Å². The Morgan fingerprint density at radius 3 is 2.71 bits per heavy atom. The molecule has 0 amide bonds. The number of halogens is 2. The second-order valence-corrected chi connectivity index (χ2v) is 4.68. The van der Waals surface area contributed by atoms with Crippen molar-refractivity contribution < 1.29 is 4.74 Å². The molecule has 0 aliphatic rings. The van der Waals surface area contributed by atoms with E-state index < -0.39 is 0 Å². The van der Waals surface area contributed by atoms with Gasteiger partial charge in [-0.3, -0.25) is 0 Å². The van der Waals surface area contributed by atoms with Crippen molar-refractivity contribution in [2.45, 2.75) is 26.3 Å². The molecule has 0 aromatic heterocycles. The third-order valence-corrected chi connectivity index (χ3v) is 3.04. The molecule has 0 heterocycles. The molecule has 0 saturated heterocycles. The first-order valence-electron chi connectivity index (χ1n) is 5.95. The van der Waals surface area contributed by atoms with Crippen LogP contribution in [0.1, 0.15) is 31.9 Å².